The monoisotopic (exact) mass is 368 g/mol. The molecule has 142 valence electrons. The second kappa shape index (κ2) is 7.55. The van der Waals surface area contributed by atoms with Gasteiger partial charge in [0.25, 0.3) is 0 Å². The van der Waals surface area contributed by atoms with E-state index < -0.39 is 0 Å². The molecule has 0 saturated carbocycles. The predicted molar refractivity (Wildman–Crippen MR) is 120 cm³/mol. The number of hydrogen-bond acceptors (Lipinski definition) is 2. The summed E-state index contributed by atoms with van der Waals surface area (Å²) in [6.45, 7) is 9.73. The predicted octanol–water partition coefficient (Wildman–Crippen LogP) is 6.52. The van der Waals surface area contributed by atoms with E-state index in [-0.39, 0.29) is 0 Å². The normalized spacial score (nSPS) is 14.6. The molecular weight excluding hydrogens is 340 g/mol. The fraction of sp³-hybridized carbons (Fsp3) is 0.231. The summed E-state index contributed by atoms with van der Waals surface area (Å²) >= 11 is 0. The Kier molecular flexibility index (Phi) is 4.95. The van der Waals surface area contributed by atoms with Crippen LogP contribution in [0.2, 0.25) is 0 Å². The zero-order chi connectivity index (χ0) is 19.7. The zero-order valence-electron chi connectivity index (χ0n) is 17.2. The second-order valence-electron chi connectivity index (χ2n) is 7.76. The lowest BCUT2D eigenvalue weighted by atomic mass is 9.90. The molecule has 28 heavy (non-hydrogen) atoms. The van der Waals surface area contributed by atoms with Crippen molar-refractivity contribution >= 4 is 11.4 Å². The first kappa shape index (κ1) is 18.4. The Morgan fingerprint density at radius 1 is 0.643 bits per heavy atom. The van der Waals surface area contributed by atoms with E-state index >= 15 is 0 Å². The van der Waals surface area contributed by atoms with Crippen LogP contribution in [0.1, 0.15) is 40.7 Å². The summed E-state index contributed by atoms with van der Waals surface area (Å²) in [4.78, 5) is 4.74. The van der Waals surface area contributed by atoms with Gasteiger partial charge in [-0.2, -0.15) is 0 Å². The van der Waals surface area contributed by atoms with E-state index in [0.717, 1.165) is 6.67 Å². The third-order valence-corrected chi connectivity index (χ3v) is 5.78. The molecule has 4 rings (SSSR count). The molecule has 0 radical (unpaired) electrons. The second-order valence-corrected chi connectivity index (χ2v) is 7.76. The molecule has 0 N–H and O–H groups in total. The van der Waals surface area contributed by atoms with Gasteiger partial charge in [-0.25, -0.2) is 0 Å². The van der Waals surface area contributed by atoms with Crippen LogP contribution in [0.15, 0.2) is 79.1 Å². The minimum absolute atomic E-state index is 0.346. The maximum atomic E-state index is 2.38. The SMILES string of the molecule is Cc1cccc(C)c1N1C=CN(c2c(C)cccc2[C@H](C)c2ccccc2)C1. The molecule has 2 nitrogen and oxygen atoms in total. The molecule has 0 fully saturated rings. The standard InChI is InChI=1S/C26H28N2/c1-19-10-8-11-20(2)25(19)27-16-17-28(18-27)26-21(3)12-9-15-24(26)22(4)23-13-6-5-7-14-23/h5-17,22H,18H2,1-4H3/t22-/m1/s1. The van der Waals surface area contributed by atoms with Gasteiger partial charge < -0.3 is 9.80 Å². The van der Waals surface area contributed by atoms with Gasteiger partial charge in [0.05, 0.1) is 6.67 Å². The van der Waals surface area contributed by atoms with E-state index in [4.69, 9.17) is 0 Å². The van der Waals surface area contributed by atoms with E-state index in [0.29, 0.717) is 5.92 Å². The number of benzene rings is 3. The Balaban J connectivity index is 1.69. The first-order chi connectivity index (χ1) is 13.6. The van der Waals surface area contributed by atoms with Crippen LogP contribution < -0.4 is 9.80 Å². The smallest absolute Gasteiger partial charge is 0.0989 e. The van der Waals surface area contributed by atoms with Crippen LogP contribution in [0.25, 0.3) is 0 Å². The molecule has 0 bridgehead atoms. The highest BCUT2D eigenvalue weighted by Crippen LogP contribution is 2.37. The Morgan fingerprint density at radius 2 is 1.18 bits per heavy atom. The largest absolute Gasteiger partial charge is 0.328 e. The van der Waals surface area contributed by atoms with Crippen LogP contribution in [0.3, 0.4) is 0 Å². The van der Waals surface area contributed by atoms with Crippen LogP contribution in [-0.2, 0) is 0 Å². The van der Waals surface area contributed by atoms with Crippen molar-refractivity contribution < 1.29 is 0 Å². The summed E-state index contributed by atoms with van der Waals surface area (Å²) in [6, 6.07) is 24.0. The minimum atomic E-state index is 0.346. The molecule has 0 unspecified atom stereocenters. The molecule has 0 saturated heterocycles. The number of para-hydroxylation sites is 2. The number of anilines is 2. The van der Waals surface area contributed by atoms with Crippen molar-refractivity contribution in [2.24, 2.45) is 0 Å². The Labute approximate surface area is 168 Å². The third-order valence-electron chi connectivity index (χ3n) is 5.78. The van der Waals surface area contributed by atoms with E-state index in [9.17, 15) is 0 Å². The van der Waals surface area contributed by atoms with Crippen LogP contribution in [0.5, 0.6) is 0 Å². The lowest BCUT2D eigenvalue weighted by Gasteiger charge is -2.28. The van der Waals surface area contributed by atoms with Crippen molar-refractivity contribution in [3.63, 3.8) is 0 Å². The molecule has 0 aliphatic carbocycles. The number of hydrogen-bond donors (Lipinski definition) is 0. The lowest BCUT2D eigenvalue weighted by Crippen LogP contribution is -2.27. The van der Waals surface area contributed by atoms with Gasteiger partial charge in [0, 0.05) is 29.7 Å². The van der Waals surface area contributed by atoms with E-state index in [2.05, 4.69) is 117 Å². The van der Waals surface area contributed by atoms with Crippen LogP contribution in [-0.4, -0.2) is 6.67 Å². The average molecular weight is 369 g/mol. The molecular formula is C26H28N2. The summed E-state index contributed by atoms with van der Waals surface area (Å²) in [5.74, 6) is 0.346. The number of rotatable bonds is 4. The van der Waals surface area contributed by atoms with Crippen LogP contribution in [0.4, 0.5) is 11.4 Å². The first-order valence-corrected chi connectivity index (χ1v) is 9.98. The molecule has 0 spiro atoms. The highest BCUT2D eigenvalue weighted by molar-refractivity contribution is 5.69. The van der Waals surface area contributed by atoms with Gasteiger partial charge in [0.1, 0.15) is 0 Å². The van der Waals surface area contributed by atoms with Crippen molar-refractivity contribution in [2.75, 3.05) is 16.5 Å². The van der Waals surface area contributed by atoms with Gasteiger partial charge in [-0.1, -0.05) is 73.7 Å². The summed E-state index contributed by atoms with van der Waals surface area (Å²) in [5, 5.41) is 0. The van der Waals surface area contributed by atoms with Gasteiger partial charge in [-0.3, -0.25) is 0 Å². The fourth-order valence-electron chi connectivity index (χ4n) is 4.31. The summed E-state index contributed by atoms with van der Waals surface area (Å²) < 4.78 is 0. The Morgan fingerprint density at radius 3 is 1.82 bits per heavy atom. The summed E-state index contributed by atoms with van der Waals surface area (Å²) in [7, 11) is 0. The maximum Gasteiger partial charge on any atom is 0.0989 e. The van der Waals surface area contributed by atoms with Gasteiger partial charge in [-0.15, -0.1) is 0 Å². The molecule has 3 aromatic carbocycles. The fourth-order valence-corrected chi connectivity index (χ4v) is 4.31. The minimum Gasteiger partial charge on any atom is -0.328 e. The molecule has 0 amide bonds. The summed E-state index contributed by atoms with van der Waals surface area (Å²) in [6.07, 6.45) is 4.42. The molecule has 1 aliphatic rings. The Bertz CT molecular complexity index is 984. The van der Waals surface area contributed by atoms with Crippen molar-refractivity contribution in [2.45, 2.75) is 33.6 Å². The first-order valence-electron chi connectivity index (χ1n) is 9.98. The van der Waals surface area contributed by atoms with Gasteiger partial charge in [0.15, 0.2) is 0 Å². The molecule has 1 heterocycles. The average Bonchev–Trinajstić information content (AvgIpc) is 3.17. The van der Waals surface area contributed by atoms with Gasteiger partial charge in [0.2, 0.25) is 0 Å². The molecule has 2 heteroatoms. The number of aryl methyl sites for hydroxylation is 3. The van der Waals surface area contributed by atoms with Crippen molar-refractivity contribution in [1.82, 2.24) is 0 Å². The maximum absolute atomic E-state index is 2.38. The highest BCUT2D eigenvalue weighted by Gasteiger charge is 2.23. The molecule has 1 atom stereocenters. The van der Waals surface area contributed by atoms with Gasteiger partial charge >= 0.3 is 0 Å². The quantitative estimate of drug-likeness (QED) is 0.517. The van der Waals surface area contributed by atoms with Crippen LogP contribution >= 0.6 is 0 Å². The van der Waals surface area contributed by atoms with Crippen molar-refractivity contribution in [3.8, 4) is 0 Å². The Hall–Kier alpha value is -3.00. The number of nitrogens with zero attached hydrogens (tertiary/aromatic N) is 2. The molecule has 3 aromatic rings. The highest BCUT2D eigenvalue weighted by atomic mass is 15.3. The zero-order valence-corrected chi connectivity index (χ0v) is 17.2. The van der Waals surface area contributed by atoms with E-state index in [1.54, 1.807) is 0 Å². The van der Waals surface area contributed by atoms with E-state index in [1.807, 2.05) is 0 Å². The summed E-state index contributed by atoms with van der Waals surface area (Å²) in [5.41, 5.74) is 9.30. The van der Waals surface area contributed by atoms with Crippen molar-refractivity contribution in [3.05, 3.63) is 107 Å². The van der Waals surface area contributed by atoms with Crippen molar-refractivity contribution in [1.29, 1.82) is 0 Å². The molecule has 0 aromatic heterocycles. The molecule has 1 aliphatic heterocycles. The lowest BCUT2D eigenvalue weighted by molar-refractivity contribution is 0.891. The van der Waals surface area contributed by atoms with E-state index in [1.165, 1.54) is 39.2 Å². The third kappa shape index (κ3) is 3.31. The topological polar surface area (TPSA) is 6.48 Å². The van der Waals surface area contributed by atoms with Gasteiger partial charge in [-0.05, 0) is 48.6 Å². The van der Waals surface area contributed by atoms with Crippen LogP contribution in [0, 0.1) is 20.8 Å².